The second-order valence-electron chi connectivity index (χ2n) is 5.86. The topological polar surface area (TPSA) is 79.5 Å². The molecule has 0 saturated heterocycles. The highest BCUT2D eigenvalue weighted by molar-refractivity contribution is 14.0. The van der Waals surface area contributed by atoms with E-state index in [1.165, 1.54) is 0 Å². The van der Waals surface area contributed by atoms with E-state index in [2.05, 4.69) is 34.6 Å². The molecular weight excluding hydrogens is 475 g/mol. The van der Waals surface area contributed by atoms with Gasteiger partial charge in [0.2, 0.25) is 0 Å². The Hall–Kier alpha value is -1.42. The molecule has 2 rings (SSSR count). The number of aryl methyl sites for hydroxylation is 2. The van der Waals surface area contributed by atoms with Crippen LogP contribution in [0.3, 0.4) is 0 Å². The lowest BCUT2D eigenvalue weighted by Gasteiger charge is -2.12. The summed E-state index contributed by atoms with van der Waals surface area (Å²) in [7, 11) is 0.824. The summed E-state index contributed by atoms with van der Waals surface area (Å²) in [6, 6.07) is 9.91. The molecular formula is C19H29IN4O2S. The van der Waals surface area contributed by atoms with Crippen molar-refractivity contribution in [3.8, 4) is 0 Å². The number of hydrogen-bond acceptors (Lipinski definition) is 4. The van der Waals surface area contributed by atoms with Gasteiger partial charge in [-0.1, -0.05) is 49.3 Å². The summed E-state index contributed by atoms with van der Waals surface area (Å²) in [5.74, 6) is 2.75. The fourth-order valence-corrected chi connectivity index (χ4v) is 3.68. The van der Waals surface area contributed by atoms with E-state index >= 15 is 0 Å². The monoisotopic (exact) mass is 504 g/mol. The summed E-state index contributed by atoms with van der Waals surface area (Å²) in [5, 5.41) is 10.6. The Kier molecular flexibility index (Phi) is 11.3. The molecule has 27 heavy (non-hydrogen) atoms. The van der Waals surface area contributed by atoms with Crippen LogP contribution in [0.1, 0.15) is 36.4 Å². The van der Waals surface area contributed by atoms with Crippen molar-refractivity contribution in [3.63, 3.8) is 0 Å². The molecule has 6 nitrogen and oxygen atoms in total. The molecule has 0 aliphatic rings. The van der Waals surface area contributed by atoms with Crippen molar-refractivity contribution < 1.29 is 8.73 Å². The first-order valence-corrected chi connectivity index (χ1v) is 10.5. The normalized spacial score (nSPS) is 12.3. The molecule has 0 radical (unpaired) electrons. The molecule has 150 valence electrons. The van der Waals surface area contributed by atoms with Crippen molar-refractivity contribution >= 4 is 40.7 Å². The van der Waals surface area contributed by atoms with Crippen LogP contribution >= 0.6 is 24.0 Å². The Morgan fingerprint density at radius 3 is 2.56 bits per heavy atom. The van der Waals surface area contributed by atoms with Gasteiger partial charge in [0, 0.05) is 54.4 Å². The number of benzene rings is 1. The van der Waals surface area contributed by atoms with Crippen LogP contribution in [-0.2, 0) is 35.9 Å². The van der Waals surface area contributed by atoms with Gasteiger partial charge in [0.25, 0.3) is 0 Å². The van der Waals surface area contributed by atoms with Gasteiger partial charge < -0.3 is 15.2 Å². The van der Waals surface area contributed by atoms with Crippen molar-refractivity contribution in [1.82, 2.24) is 15.8 Å². The number of rotatable bonds is 9. The highest BCUT2D eigenvalue weighted by atomic mass is 127. The molecule has 1 heterocycles. The molecule has 1 aromatic carbocycles. The average molecular weight is 504 g/mol. The molecule has 0 bridgehead atoms. The standard InChI is InChI=1S/C19H28N4O2S.HI/c1-4-17-16(18(5-2)25-23-17)13-22-19(20-3)21-11-12-26(24)14-15-9-7-6-8-10-15;/h6-10H,4-5,11-14H2,1-3H3,(H2,20,21,22);1H. The zero-order chi connectivity index (χ0) is 18.8. The van der Waals surface area contributed by atoms with Gasteiger partial charge in [-0.2, -0.15) is 0 Å². The highest BCUT2D eigenvalue weighted by Gasteiger charge is 2.13. The maximum atomic E-state index is 12.2. The first-order valence-electron chi connectivity index (χ1n) is 8.97. The number of nitrogens with one attached hydrogen (secondary N) is 2. The molecule has 0 amide bonds. The number of aliphatic imine (C=N–C) groups is 1. The molecule has 1 unspecified atom stereocenters. The Balaban J connectivity index is 0.00000364. The second kappa shape index (κ2) is 12.9. The minimum Gasteiger partial charge on any atom is -0.361 e. The molecule has 1 aromatic heterocycles. The van der Waals surface area contributed by atoms with E-state index in [1.54, 1.807) is 7.05 Å². The Morgan fingerprint density at radius 2 is 1.93 bits per heavy atom. The molecule has 0 aliphatic carbocycles. The smallest absolute Gasteiger partial charge is 0.191 e. The van der Waals surface area contributed by atoms with Crippen molar-refractivity contribution in [3.05, 3.63) is 52.9 Å². The first kappa shape index (κ1) is 23.6. The van der Waals surface area contributed by atoms with E-state index in [1.807, 2.05) is 30.3 Å². The lowest BCUT2D eigenvalue weighted by Crippen LogP contribution is -2.39. The van der Waals surface area contributed by atoms with Gasteiger partial charge in [-0.25, -0.2) is 0 Å². The zero-order valence-corrected chi connectivity index (χ0v) is 19.3. The van der Waals surface area contributed by atoms with Gasteiger partial charge in [-0.05, 0) is 12.0 Å². The molecule has 2 N–H and O–H groups in total. The minimum atomic E-state index is -0.903. The third-order valence-corrected chi connectivity index (χ3v) is 5.37. The fraction of sp³-hybridized carbons (Fsp3) is 0.474. The van der Waals surface area contributed by atoms with Crippen molar-refractivity contribution in [2.24, 2.45) is 4.99 Å². The quantitative estimate of drug-likeness (QED) is 0.312. The predicted molar refractivity (Wildman–Crippen MR) is 122 cm³/mol. The highest BCUT2D eigenvalue weighted by Crippen LogP contribution is 2.15. The Morgan fingerprint density at radius 1 is 1.19 bits per heavy atom. The van der Waals surface area contributed by atoms with Gasteiger partial charge in [0.15, 0.2) is 5.96 Å². The van der Waals surface area contributed by atoms with E-state index in [4.69, 9.17) is 4.52 Å². The maximum Gasteiger partial charge on any atom is 0.191 e. The van der Waals surface area contributed by atoms with Crippen LogP contribution in [0.15, 0.2) is 39.8 Å². The van der Waals surface area contributed by atoms with Crippen molar-refractivity contribution in [2.75, 3.05) is 19.3 Å². The molecule has 0 aliphatic heterocycles. The van der Waals surface area contributed by atoms with Gasteiger partial charge in [-0.3, -0.25) is 9.20 Å². The van der Waals surface area contributed by atoms with Gasteiger partial charge >= 0.3 is 0 Å². The van der Waals surface area contributed by atoms with Crippen molar-refractivity contribution in [1.29, 1.82) is 0 Å². The molecule has 1 atom stereocenters. The summed E-state index contributed by atoms with van der Waals surface area (Å²) in [4.78, 5) is 4.22. The summed E-state index contributed by atoms with van der Waals surface area (Å²) in [6.07, 6.45) is 1.65. The average Bonchev–Trinajstić information content (AvgIpc) is 3.07. The van der Waals surface area contributed by atoms with Crippen LogP contribution in [-0.4, -0.2) is 34.7 Å². The molecule has 0 saturated carbocycles. The van der Waals surface area contributed by atoms with E-state index in [0.29, 0.717) is 30.6 Å². The number of nitrogens with zero attached hydrogens (tertiary/aromatic N) is 2. The van der Waals surface area contributed by atoms with Gasteiger partial charge in [0.1, 0.15) is 5.76 Å². The zero-order valence-electron chi connectivity index (χ0n) is 16.2. The lowest BCUT2D eigenvalue weighted by atomic mass is 10.1. The second-order valence-corrected chi connectivity index (χ2v) is 7.44. The fourth-order valence-electron chi connectivity index (χ4n) is 2.65. The van der Waals surface area contributed by atoms with E-state index in [0.717, 1.165) is 35.4 Å². The third kappa shape index (κ3) is 7.61. The summed E-state index contributed by atoms with van der Waals surface area (Å²) < 4.78 is 17.6. The lowest BCUT2D eigenvalue weighted by molar-refractivity contribution is 0.380. The Bertz CT molecular complexity index is 713. The molecule has 8 heteroatoms. The summed E-state index contributed by atoms with van der Waals surface area (Å²) in [6.45, 7) is 5.33. The Labute approximate surface area is 181 Å². The number of aromatic nitrogens is 1. The van der Waals surface area contributed by atoms with E-state index < -0.39 is 10.8 Å². The number of hydrogen-bond donors (Lipinski definition) is 2. The molecule has 0 fully saturated rings. The van der Waals surface area contributed by atoms with Crippen LogP contribution in [0.5, 0.6) is 0 Å². The van der Waals surface area contributed by atoms with E-state index in [-0.39, 0.29) is 24.0 Å². The number of guanidine groups is 1. The van der Waals surface area contributed by atoms with Crippen LogP contribution in [0.25, 0.3) is 0 Å². The van der Waals surface area contributed by atoms with E-state index in [9.17, 15) is 4.21 Å². The van der Waals surface area contributed by atoms with Gasteiger partial charge in [-0.15, -0.1) is 24.0 Å². The predicted octanol–water partition coefficient (Wildman–Crippen LogP) is 3.03. The molecule has 2 aromatic rings. The van der Waals surface area contributed by atoms with Crippen LogP contribution in [0.2, 0.25) is 0 Å². The van der Waals surface area contributed by atoms with Crippen molar-refractivity contribution in [2.45, 2.75) is 39.0 Å². The summed E-state index contributed by atoms with van der Waals surface area (Å²) >= 11 is 0. The van der Waals surface area contributed by atoms with Gasteiger partial charge in [0.05, 0.1) is 5.69 Å². The largest absolute Gasteiger partial charge is 0.361 e. The minimum absolute atomic E-state index is 0. The maximum absolute atomic E-state index is 12.2. The third-order valence-electron chi connectivity index (χ3n) is 4.06. The summed E-state index contributed by atoms with van der Waals surface area (Å²) in [5.41, 5.74) is 3.18. The van der Waals surface area contributed by atoms with Crippen LogP contribution in [0, 0.1) is 0 Å². The van der Waals surface area contributed by atoms with Crippen LogP contribution in [0.4, 0.5) is 0 Å². The number of halogens is 1. The SMILES string of the molecule is CCc1noc(CC)c1CNC(=NC)NCCS(=O)Cc1ccccc1.I. The van der Waals surface area contributed by atoms with Crippen LogP contribution < -0.4 is 10.6 Å². The molecule has 0 spiro atoms. The first-order chi connectivity index (χ1) is 12.7.